The Labute approximate surface area is 847 Å². The van der Waals surface area contributed by atoms with Gasteiger partial charge in [-0.3, -0.25) is 0 Å². The van der Waals surface area contributed by atoms with Crippen LogP contribution in [0.3, 0.4) is 0 Å². The quantitative estimate of drug-likeness (QED) is 0.134. The van der Waals surface area contributed by atoms with Crippen LogP contribution in [0.15, 0.2) is 515 Å². The fraction of sp³-hybridized carbons (Fsp3) is 0.0226. The molecule has 0 amide bonds. The molecule has 6 aliphatic rings. The fourth-order valence-corrected chi connectivity index (χ4v) is 31.5. The molecule has 142 heavy (non-hydrogen) atoms. The highest BCUT2D eigenvalue weighted by molar-refractivity contribution is 8.00. The number of hydrogen-bond donors (Lipinski definition) is 3. The number of rotatable bonds is 9. The Morgan fingerprint density at radius 1 is 0.155 bits per heavy atom. The molecular formula is C133H83N3S6. The molecule has 6 heterocycles. The summed E-state index contributed by atoms with van der Waals surface area (Å²) in [7, 11) is 0. The molecule has 0 saturated carbocycles. The Morgan fingerprint density at radius 3 is 0.930 bits per heavy atom. The molecule has 9 heteroatoms. The van der Waals surface area contributed by atoms with Gasteiger partial charge in [-0.2, -0.15) is 0 Å². The van der Waals surface area contributed by atoms with Crippen LogP contribution in [0.4, 0.5) is 34.1 Å². The first-order valence-corrected chi connectivity index (χ1v) is 53.3. The maximum atomic E-state index is 3.90. The van der Waals surface area contributed by atoms with Crippen molar-refractivity contribution in [3.63, 3.8) is 0 Å². The molecule has 0 atom stereocenters. The van der Waals surface area contributed by atoms with Gasteiger partial charge < -0.3 is 16.0 Å². The third kappa shape index (κ3) is 12.8. The zero-order valence-corrected chi connectivity index (χ0v) is 81.5. The van der Waals surface area contributed by atoms with Gasteiger partial charge in [0.25, 0.3) is 0 Å². The monoisotopic (exact) mass is 1910 g/mol. The normalized spacial score (nSPS) is 13.7. The molecule has 25 aromatic rings. The molecular weight excluding hydrogens is 1830 g/mol. The van der Waals surface area contributed by atoms with Gasteiger partial charge in [-0.15, -0.1) is 34.0 Å². The molecule has 0 saturated heterocycles. The summed E-state index contributed by atoms with van der Waals surface area (Å²) < 4.78 is 7.83. The molecule has 3 N–H and O–H groups in total. The van der Waals surface area contributed by atoms with Crippen LogP contribution in [-0.4, -0.2) is 0 Å². The lowest BCUT2D eigenvalue weighted by Crippen LogP contribution is -2.32. The van der Waals surface area contributed by atoms with E-state index in [1.54, 1.807) is 0 Å². The zero-order valence-electron chi connectivity index (χ0n) is 76.6. The van der Waals surface area contributed by atoms with Gasteiger partial charge >= 0.3 is 0 Å². The van der Waals surface area contributed by atoms with Crippen molar-refractivity contribution in [1.82, 2.24) is 0 Å². The van der Waals surface area contributed by atoms with E-state index in [2.05, 4.69) is 501 Å². The molecule has 0 unspecified atom stereocenters. The number of anilines is 6. The van der Waals surface area contributed by atoms with E-state index >= 15 is 0 Å². The average Bonchev–Trinajstić information content (AvgIpc) is 1.50. The Kier molecular flexibility index (Phi) is 19.5. The maximum Gasteiger partial charge on any atom is 0.0736 e. The van der Waals surface area contributed by atoms with Crippen LogP contribution < -0.4 is 16.0 Å². The predicted molar refractivity (Wildman–Crippen MR) is 605 cm³/mol. The number of nitrogens with one attached hydrogen (secondary N) is 3. The van der Waals surface area contributed by atoms with Gasteiger partial charge in [-0.05, 0) is 253 Å². The highest BCUT2D eigenvalue weighted by Gasteiger charge is 2.54. The summed E-state index contributed by atoms with van der Waals surface area (Å²) in [5.41, 5.74) is 37.3. The van der Waals surface area contributed by atoms with Crippen LogP contribution in [0.25, 0.3) is 138 Å². The second-order valence-electron chi connectivity index (χ2n) is 37.6. The van der Waals surface area contributed by atoms with Crippen molar-refractivity contribution in [2.24, 2.45) is 0 Å². The highest BCUT2D eigenvalue weighted by Crippen LogP contribution is 2.67. The van der Waals surface area contributed by atoms with Crippen molar-refractivity contribution >= 4 is 175 Å². The van der Waals surface area contributed by atoms with Crippen LogP contribution in [0.5, 0.6) is 0 Å². The van der Waals surface area contributed by atoms with Gasteiger partial charge in [0.1, 0.15) is 0 Å². The largest absolute Gasteiger partial charge is 0.355 e. The predicted octanol–water partition coefficient (Wildman–Crippen LogP) is 38.0. The lowest BCUT2D eigenvalue weighted by Gasteiger charge is -2.40. The molecule has 31 rings (SSSR count). The molecule has 3 aliphatic heterocycles. The van der Waals surface area contributed by atoms with Crippen molar-refractivity contribution in [3.8, 4) is 66.8 Å². The fourth-order valence-electron chi connectivity index (χ4n) is 24.2. The Balaban J connectivity index is 0.000000102. The Hall–Kier alpha value is -15.8. The van der Waals surface area contributed by atoms with Crippen LogP contribution in [0.1, 0.15) is 66.8 Å². The standard InChI is InChI=1S/C47H29NS2.2C43H27NS2/c1-2-11-29(12-3-1)34-17-10-18-38-37-23-21-33(28-44(37)50-46(34)38)48-32-22-24-43-42(27-32)47(41-25-30-13-4-5-14-31(30)26-45(41)49-43)39-19-8-6-15-35(39)36-16-7-9-20-40(36)47;1-2-12-27(13-3-1)29-16-10-17-32-33-18-11-22-38(42(33)46-41(29)32)44-28-24-25-40-37(26-28)43(36-21-8-9-23-39(36)45-40)34-19-6-4-14-30(34)31-15-5-7-20-35(31)43;1-2-11-27(12-3-1)28-21-23-32-33-15-10-19-38(42(33)46-41(32)25-28)44-29-22-24-40-37(26-29)43(36-18-8-9-20-39(36)45-40)34-16-6-4-13-30(34)31-14-5-7-17-35(31)43/h1-28,48H;2*1-26,44H. The zero-order chi connectivity index (χ0) is 93.3. The molecule has 3 nitrogen and oxygen atoms in total. The minimum atomic E-state index is -0.423. The van der Waals surface area contributed by atoms with Crippen LogP contribution >= 0.6 is 69.3 Å². The number of hydrogen-bond acceptors (Lipinski definition) is 9. The minimum Gasteiger partial charge on any atom is -0.355 e. The average molecular weight is 1920 g/mol. The Bertz CT molecular complexity index is 9400. The molecule has 0 bridgehead atoms. The summed E-state index contributed by atoms with van der Waals surface area (Å²) in [6.45, 7) is 0. The summed E-state index contributed by atoms with van der Waals surface area (Å²) in [6, 6.07) is 179. The first-order valence-electron chi connectivity index (χ1n) is 48.4. The number of thiophene rings is 3. The van der Waals surface area contributed by atoms with E-state index in [-0.39, 0.29) is 10.8 Å². The molecule has 3 aromatic heterocycles. The van der Waals surface area contributed by atoms with Gasteiger partial charge in [-0.1, -0.05) is 411 Å². The third-order valence-electron chi connectivity index (χ3n) is 30.1. The topological polar surface area (TPSA) is 36.1 Å². The Morgan fingerprint density at radius 2 is 0.458 bits per heavy atom. The summed E-state index contributed by atoms with van der Waals surface area (Å²) in [5.74, 6) is 0. The second kappa shape index (κ2) is 33.2. The van der Waals surface area contributed by atoms with Crippen molar-refractivity contribution in [2.75, 3.05) is 16.0 Å². The van der Waals surface area contributed by atoms with E-state index in [1.165, 1.54) is 234 Å². The van der Waals surface area contributed by atoms with Gasteiger partial charge in [0.15, 0.2) is 0 Å². The molecule has 666 valence electrons. The van der Waals surface area contributed by atoms with Crippen molar-refractivity contribution < 1.29 is 0 Å². The highest BCUT2D eigenvalue weighted by atomic mass is 32.2. The maximum absolute atomic E-state index is 3.90. The lowest BCUT2D eigenvalue weighted by molar-refractivity contribution is 0.723. The van der Waals surface area contributed by atoms with Crippen LogP contribution in [0, 0.1) is 0 Å². The summed E-state index contributed by atoms with van der Waals surface area (Å²) in [6.07, 6.45) is 0. The van der Waals surface area contributed by atoms with Gasteiger partial charge in [0.05, 0.1) is 37.0 Å². The molecule has 3 spiro atoms. The SMILES string of the molecule is c1ccc(-c2ccc3c(c2)sc2c(Nc4ccc5c(c4)C4(c6ccccc6S5)c5ccccc5-c5ccccc54)cccc23)cc1.c1ccc(-c2cccc3c2sc2c(Nc4ccc5c(c4)C4(c6ccccc6S5)c5ccccc5-c5ccccc54)cccc23)cc1.c1ccc(-c2cccc3c2sc2cc(Nc4ccc5c(c4)C4(c6cc7ccccc7cc6S5)c5ccccc5-c5ccccc54)ccc23)cc1. The lowest BCUT2D eigenvalue weighted by atomic mass is 9.67. The van der Waals surface area contributed by atoms with E-state index in [0.717, 1.165) is 34.1 Å². The van der Waals surface area contributed by atoms with E-state index in [4.69, 9.17) is 0 Å². The van der Waals surface area contributed by atoms with E-state index in [9.17, 15) is 0 Å². The van der Waals surface area contributed by atoms with E-state index in [0.29, 0.717) is 0 Å². The van der Waals surface area contributed by atoms with Crippen molar-refractivity contribution in [3.05, 3.63) is 552 Å². The first kappa shape index (κ1) is 83.2. The smallest absolute Gasteiger partial charge is 0.0736 e. The second-order valence-corrected chi connectivity index (χ2v) is 44.0. The van der Waals surface area contributed by atoms with Gasteiger partial charge in [0, 0.05) is 103 Å². The van der Waals surface area contributed by atoms with E-state index in [1.807, 2.05) is 69.3 Å². The number of benzene rings is 22. The van der Waals surface area contributed by atoms with E-state index < -0.39 is 5.41 Å². The first-order chi connectivity index (χ1) is 70.3. The molecule has 0 fully saturated rings. The number of fused-ring (bicyclic) bond motifs is 37. The van der Waals surface area contributed by atoms with Crippen molar-refractivity contribution in [2.45, 2.75) is 45.6 Å². The van der Waals surface area contributed by atoms with Gasteiger partial charge in [0.2, 0.25) is 0 Å². The van der Waals surface area contributed by atoms with Crippen LogP contribution in [0.2, 0.25) is 0 Å². The third-order valence-corrected chi connectivity index (χ3v) is 37.3. The van der Waals surface area contributed by atoms with Crippen LogP contribution in [-0.2, 0) is 16.2 Å². The molecule has 0 radical (unpaired) electrons. The minimum absolute atomic E-state index is 0.375. The summed E-state index contributed by atoms with van der Waals surface area (Å²) >= 11 is 11.3. The summed E-state index contributed by atoms with van der Waals surface area (Å²) in [4.78, 5) is 7.90. The van der Waals surface area contributed by atoms with Gasteiger partial charge in [-0.25, -0.2) is 0 Å². The summed E-state index contributed by atoms with van der Waals surface area (Å²) in [5, 5.41) is 22.0. The molecule has 22 aromatic carbocycles. The molecule has 3 aliphatic carbocycles. The van der Waals surface area contributed by atoms with Crippen molar-refractivity contribution in [1.29, 1.82) is 0 Å².